The van der Waals surface area contributed by atoms with Gasteiger partial charge in [0.25, 0.3) is 0 Å². The van der Waals surface area contributed by atoms with Crippen molar-refractivity contribution in [1.29, 1.82) is 0 Å². The lowest BCUT2D eigenvalue weighted by Gasteiger charge is -2.30. The molecule has 122 valence electrons. The monoisotopic (exact) mass is 303 g/mol. The number of likely N-dealkylation sites (N-methyl/N-ethyl adjacent to an activating group) is 1. The average Bonchev–Trinajstić information content (AvgIpc) is 2.44. The third-order valence-corrected chi connectivity index (χ3v) is 3.32. The highest BCUT2D eigenvalue weighted by atomic mass is 16.5. The molecule has 0 aromatic heterocycles. The molecule has 0 saturated heterocycles. The predicted octanol–water partition coefficient (Wildman–Crippen LogP) is 0.0338. The van der Waals surface area contributed by atoms with Crippen LogP contribution in [0.1, 0.15) is 26.7 Å². The average molecular weight is 303 g/mol. The maximum absolute atomic E-state index is 12.0. The van der Waals surface area contributed by atoms with Gasteiger partial charge in [-0.25, -0.2) is 9.59 Å². The van der Waals surface area contributed by atoms with Gasteiger partial charge in [-0.3, -0.25) is 4.79 Å². The van der Waals surface area contributed by atoms with E-state index in [1.807, 2.05) is 0 Å². The molecule has 0 unspecified atom stereocenters. The van der Waals surface area contributed by atoms with E-state index in [-0.39, 0.29) is 25.3 Å². The van der Waals surface area contributed by atoms with Gasteiger partial charge >= 0.3 is 12.0 Å². The second-order valence-electron chi connectivity index (χ2n) is 4.72. The van der Waals surface area contributed by atoms with Crippen molar-refractivity contribution in [3.63, 3.8) is 0 Å². The molecule has 0 aliphatic carbocycles. The summed E-state index contributed by atoms with van der Waals surface area (Å²) >= 11 is 0. The van der Waals surface area contributed by atoms with E-state index in [9.17, 15) is 19.5 Å². The zero-order chi connectivity index (χ0) is 16.5. The summed E-state index contributed by atoms with van der Waals surface area (Å²) in [5, 5.41) is 14.3. The first-order valence-electron chi connectivity index (χ1n) is 6.85. The fourth-order valence-corrected chi connectivity index (χ4v) is 1.72. The number of urea groups is 1. The smallest absolute Gasteiger partial charge is 0.329 e. The lowest BCUT2D eigenvalue weighted by Crippen LogP contribution is -2.57. The van der Waals surface area contributed by atoms with Gasteiger partial charge in [0, 0.05) is 20.7 Å². The van der Waals surface area contributed by atoms with E-state index in [1.165, 1.54) is 14.2 Å². The minimum Gasteiger partial charge on any atom is -0.480 e. The SMILES string of the molecule is CCC(CC)(NC(=O)N(C)CC(=O)NCCOC)C(=O)O. The Kier molecular flexibility index (Phi) is 8.37. The van der Waals surface area contributed by atoms with Crippen molar-refractivity contribution in [2.24, 2.45) is 0 Å². The van der Waals surface area contributed by atoms with Gasteiger partial charge in [-0.05, 0) is 12.8 Å². The number of ether oxygens (including phenoxy) is 1. The van der Waals surface area contributed by atoms with E-state index in [2.05, 4.69) is 10.6 Å². The predicted molar refractivity (Wildman–Crippen MR) is 77.0 cm³/mol. The molecule has 0 aliphatic heterocycles. The molecule has 0 atom stereocenters. The molecule has 0 spiro atoms. The number of carbonyl (C=O) groups excluding carboxylic acids is 2. The number of carbonyl (C=O) groups is 3. The van der Waals surface area contributed by atoms with Crippen molar-refractivity contribution in [3.8, 4) is 0 Å². The number of nitrogens with zero attached hydrogens (tertiary/aromatic N) is 1. The Hall–Kier alpha value is -1.83. The van der Waals surface area contributed by atoms with Crippen molar-refractivity contribution >= 4 is 17.9 Å². The Morgan fingerprint density at radius 3 is 2.24 bits per heavy atom. The summed E-state index contributed by atoms with van der Waals surface area (Å²) in [5.74, 6) is -1.42. The van der Waals surface area contributed by atoms with Crippen LogP contribution in [0.15, 0.2) is 0 Å². The maximum atomic E-state index is 12.0. The molecule has 0 bridgehead atoms. The molecule has 3 amide bonds. The van der Waals surface area contributed by atoms with Gasteiger partial charge in [-0.15, -0.1) is 0 Å². The number of aliphatic carboxylic acids is 1. The quantitative estimate of drug-likeness (QED) is 0.521. The second kappa shape index (κ2) is 9.17. The van der Waals surface area contributed by atoms with E-state index >= 15 is 0 Å². The highest BCUT2D eigenvalue weighted by Gasteiger charge is 2.37. The van der Waals surface area contributed by atoms with Crippen molar-refractivity contribution in [3.05, 3.63) is 0 Å². The number of nitrogens with one attached hydrogen (secondary N) is 2. The molecule has 0 fully saturated rings. The summed E-state index contributed by atoms with van der Waals surface area (Å²) in [6, 6.07) is -0.594. The summed E-state index contributed by atoms with van der Waals surface area (Å²) < 4.78 is 4.79. The van der Waals surface area contributed by atoms with Crippen molar-refractivity contribution in [1.82, 2.24) is 15.5 Å². The molecule has 0 heterocycles. The number of hydrogen-bond donors (Lipinski definition) is 3. The van der Waals surface area contributed by atoms with Crippen LogP contribution < -0.4 is 10.6 Å². The van der Waals surface area contributed by atoms with Crippen LogP contribution >= 0.6 is 0 Å². The van der Waals surface area contributed by atoms with Gasteiger partial charge in [0.2, 0.25) is 5.91 Å². The molecule has 3 N–H and O–H groups in total. The third kappa shape index (κ3) is 5.99. The number of hydrogen-bond acceptors (Lipinski definition) is 4. The van der Waals surface area contributed by atoms with Gasteiger partial charge in [0.15, 0.2) is 0 Å². The van der Waals surface area contributed by atoms with Crippen molar-refractivity contribution in [2.75, 3.05) is 33.9 Å². The Bertz CT molecular complexity index is 369. The fourth-order valence-electron chi connectivity index (χ4n) is 1.72. The van der Waals surface area contributed by atoms with Crippen LogP contribution in [0.4, 0.5) is 4.79 Å². The second-order valence-corrected chi connectivity index (χ2v) is 4.72. The van der Waals surface area contributed by atoms with Crippen LogP contribution in [0.2, 0.25) is 0 Å². The molecule has 0 aromatic carbocycles. The Morgan fingerprint density at radius 1 is 1.24 bits per heavy atom. The maximum Gasteiger partial charge on any atom is 0.329 e. The fraction of sp³-hybridized carbons (Fsp3) is 0.769. The zero-order valence-electron chi connectivity index (χ0n) is 13.1. The number of amides is 3. The van der Waals surface area contributed by atoms with E-state index in [0.717, 1.165) is 4.90 Å². The summed E-state index contributed by atoms with van der Waals surface area (Å²) in [5.41, 5.74) is -1.31. The summed E-state index contributed by atoms with van der Waals surface area (Å²) in [6.45, 7) is 3.96. The molecule has 0 aromatic rings. The third-order valence-electron chi connectivity index (χ3n) is 3.32. The van der Waals surface area contributed by atoms with Gasteiger partial charge in [-0.2, -0.15) is 0 Å². The highest BCUT2D eigenvalue weighted by Crippen LogP contribution is 2.15. The lowest BCUT2D eigenvalue weighted by atomic mass is 9.93. The molecule has 8 heteroatoms. The standard InChI is InChI=1S/C13H25N3O5/c1-5-13(6-2,11(18)19)15-12(20)16(3)9-10(17)14-7-8-21-4/h5-9H2,1-4H3,(H,14,17)(H,15,20)(H,18,19). The van der Waals surface area contributed by atoms with E-state index < -0.39 is 17.5 Å². The van der Waals surface area contributed by atoms with Crippen LogP contribution in [0.5, 0.6) is 0 Å². The summed E-state index contributed by atoms with van der Waals surface area (Å²) in [6.07, 6.45) is 0.525. The molecular formula is C13H25N3O5. The molecule has 8 nitrogen and oxygen atoms in total. The zero-order valence-corrected chi connectivity index (χ0v) is 13.1. The minimum atomic E-state index is -1.31. The summed E-state index contributed by atoms with van der Waals surface area (Å²) in [4.78, 5) is 36.0. The Labute approximate surface area is 124 Å². The van der Waals surface area contributed by atoms with Gasteiger partial charge in [-0.1, -0.05) is 13.8 Å². The van der Waals surface area contributed by atoms with Crippen molar-refractivity contribution in [2.45, 2.75) is 32.2 Å². The van der Waals surface area contributed by atoms with Gasteiger partial charge in [0.05, 0.1) is 6.61 Å². The van der Waals surface area contributed by atoms with Gasteiger partial charge < -0.3 is 25.4 Å². The number of rotatable bonds is 9. The number of methoxy groups -OCH3 is 1. The van der Waals surface area contributed by atoms with Crippen LogP contribution in [-0.2, 0) is 14.3 Å². The van der Waals surface area contributed by atoms with Crippen LogP contribution in [0.3, 0.4) is 0 Å². The van der Waals surface area contributed by atoms with Crippen LogP contribution in [-0.4, -0.2) is 67.3 Å². The first-order chi connectivity index (χ1) is 9.82. The number of carboxylic acids is 1. The topological polar surface area (TPSA) is 108 Å². The normalized spacial score (nSPS) is 10.9. The Balaban J connectivity index is 4.50. The first kappa shape index (κ1) is 19.2. The van der Waals surface area contributed by atoms with Crippen molar-refractivity contribution < 1.29 is 24.2 Å². The van der Waals surface area contributed by atoms with Crippen LogP contribution in [0.25, 0.3) is 0 Å². The minimum absolute atomic E-state index is 0.154. The molecular weight excluding hydrogens is 278 g/mol. The number of carboxylic acid groups (broad SMARTS) is 1. The summed E-state index contributed by atoms with van der Waals surface area (Å²) in [7, 11) is 2.95. The molecule has 0 radical (unpaired) electrons. The largest absolute Gasteiger partial charge is 0.480 e. The van der Waals surface area contributed by atoms with E-state index in [4.69, 9.17) is 4.74 Å². The van der Waals surface area contributed by atoms with Gasteiger partial charge in [0.1, 0.15) is 12.1 Å². The lowest BCUT2D eigenvalue weighted by molar-refractivity contribution is -0.144. The first-order valence-corrected chi connectivity index (χ1v) is 6.85. The molecule has 21 heavy (non-hydrogen) atoms. The Morgan fingerprint density at radius 2 is 1.81 bits per heavy atom. The van der Waals surface area contributed by atoms with E-state index in [1.54, 1.807) is 13.8 Å². The molecule has 0 saturated carbocycles. The molecule has 0 rings (SSSR count). The van der Waals surface area contributed by atoms with E-state index in [0.29, 0.717) is 13.2 Å². The van der Waals surface area contributed by atoms with Crippen LogP contribution in [0, 0.1) is 0 Å². The highest BCUT2D eigenvalue weighted by molar-refractivity contribution is 5.88. The molecule has 0 aliphatic rings.